The highest BCUT2D eigenvalue weighted by Gasteiger charge is 2.33. The SMILES string of the molecule is CCOCC(C)n1c(C2CC2)nc2c1CCNC2. The summed E-state index contributed by atoms with van der Waals surface area (Å²) in [5.41, 5.74) is 2.72. The van der Waals surface area contributed by atoms with Gasteiger partial charge < -0.3 is 14.6 Å². The number of fused-ring (bicyclic) bond motifs is 1. The highest BCUT2D eigenvalue weighted by Crippen LogP contribution is 2.41. The topological polar surface area (TPSA) is 39.1 Å². The van der Waals surface area contributed by atoms with Crippen LogP contribution in [-0.4, -0.2) is 29.3 Å². The number of hydrogen-bond donors (Lipinski definition) is 1. The maximum Gasteiger partial charge on any atom is 0.112 e. The molecule has 2 heterocycles. The van der Waals surface area contributed by atoms with E-state index < -0.39 is 0 Å². The van der Waals surface area contributed by atoms with E-state index in [1.165, 1.54) is 30.1 Å². The minimum absolute atomic E-state index is 0.412. The van der Waals surface area contributed by atoms with E-state index in [0.29, 0.717) is 12.0 Å². The van der Waals surface area contributed by atoms with Crippen LogP contribution in [0.4, 0.5) is 0 Å². The van der Waals surface area contributed by atoms with Crippen molar-refractivity contribution in [2.75, 3.05) is 19.8 Å². The van der Waals surface area contributed by atoms with Crippen LogP contribution >= 0.6 is 0 Å². The third kappa shape index (κ3) is 2.19. The lowest BCUT2D eigenvalue weighted by Gasteiger charge is -2.21. The van der Waals surface area contributed by atoms with Crippen LogP contribution in [0.1, 0.15) is 55.9 Å². The zero-order valence-electron chi connectivity index (χ0n) is 11.4. The summed E-state index contributed by atoms with van der Waals surface area (Å²) < 4.78 is 8.08. The van der Waals surface area contributed by atoms with Crippen molar-refractivity contribution in [1.82, 2.24) is 14.9 Å². The fourth-order valence-corrected chi connectivity index (χ4v) is 2.84. The molecule has 0 saturated heterocycles. The molecule has 1 aliphatic heterocycles. The normalized spacial score (nSPS) is 20.8. The number of imidazole rings is 1. The highest BCUT2D eigenvalue weighted by atomic mass is 16.5. The summed E-state index contributed by atoms with van der Waals surface area (Å²) in [5, 5.41) is 3.42. The Morgan fingerprint density at radius 1 is 1.50 bits per heavy atom. The summed E-state index contributed by atoms with van der Waals surface area (Å²) in [5.74, 6) is 2.02. The Hall–Kier alpha value is -0.870. The predicted octanol–water partition coefficient (Wildman–Crippen LogP) is 2.00. The van der Waals surface area contributed by atoms with Crippen LogP contribution in [-0.2, 0) is 17.7 Å². The molecule has 18 heavy (non-hydrogen) atoms. The van der Waals surface area contributed by atoms with E-state index in [0.717, 1.165) is 32.7 Å². The Balaban J connectivity index is 1.91. The fraction of sp³-hybridized carbons (Fsp3) is 0.786. The molecule has 2 aliphatic rings. The second-order valence-corrected chi connectivity index (χ2v) is 5.44. The third-order valence-electron chi connectivity index (χ3n) is 3.90. The molecule has 0 spiro atoms. The minimum Gasteiger partial charge on any atom is -0.380 e. The second kappa shape index (κ2) is 5.02. The van der Waals surface area contributed by atoms with Crippen molar-refractivity contribution in [3.05, 3.63) is 17.2 Å². The molecule has 0 aromatic carbocycles. The number of nitrogens with one attached hydrogen (secondary N) is 1. The van der Waals surface area contributed by atoms with Gasteiger partial charge in [-0.1, -0.05) is 0 Å². The van der Waals surface area contributed by atoms with Crippen LogP contribution in [0, 0.1) is 0 Å². The molecule has 1 atom stereocenters. The van der Waals surface area contributed by atoms with Crippen molar-refractivity contribution in [3.63, 3.8) is 0 Å². The first kappa shape index (κ1) is 12.2. The molecule has 1 unspecified atom stereocenters. The molecule has 4 heteroatoms. The summed E-state index contributed by atoms with van der Waals surface area (Å²) in [4.78, 5) is 4.89. The first-order chi connectivity index (χ1) is 8.81. The smallest absolute Gasteiger partial charge is 0.112 e. The van der Waals surface area contributed by atoms with Gasteiger partial charge in [-0.25, -0.2) is 4.98 Å². The second-order valence-electron chi connectivity index (χ2n) is 5.44. The molecule has 1 aliphatic carbocycles. The van der Waals surface area contributed by atoms with E-state index in [1.807, 2.05) is 0 Å². The van der Waals surface area contributed by atoms with Crippen molar-refractivity contribution in [2.24, 2.45) is 0 Å². The van der Waals surface area contributed by atoms with Gasteiger partial charge in [0.25, 0.3) is 0 Å². The van der Waals surface area contributed by atoms with Crippen molar-refractivity contribution in [1.29, 1.82) is 0 Å². The largest absolute Gasteiger partial charge is 0.380 e. The molecular weight excluding hydrogens is 226 g/mol. The first-order valence-corrected chi connectivity index (χ1v) is 7.19. The van der Waals surface area contributed by atoms with Gasteiger partial charge in [-0.2, -0.15) is 0 Å². The molecule has 100 valence electrons. The van der Waals surface area contributed by atoms with E-state index in [-0.39, 0.29) is 0 Å². The van der Waals surface area contributed by atoms with Gasteiger partial charge in [0.05, 0.1) is 18.3 Å². The molecular formula is C14H23N3O. The Labute approximate surface area is 109 Å². The maximum absolute atomic E-state index is 5.60. The Bertz CT molecular complexity index is 423. The van der Waals surface area contributed by atoms with Gasteiger partial charge in [-0.15, -0.1) is 0 Å². The lowest BCUT2D eigenvalue weighted by atomic mass is 10.1. The number of rotatable bonds is 5. The standard InChI is InChI=1S/C14H23N3O/c1-3-18-9-10(2)17-13-6-7-15-8-12(13)16-14(17)11-4-5-11/h10-11,15H,3-9H2,1-2H3. The number of nitrogens with zero attached hydrogens (tertiary/aromatic N) is 2. The van der Waals surface area contributed by atoms with Crippen LogP contribution in [0.25, 0.3) is 0 Å². The van der Waals surface area contributed by atoms with E-state index in [2.05, 4.69) is 23.7 Å². The Morgan fingerprint density at radius 2 is 2.33 bits per heavy atom. The summed E-state index contributed by atoms with van der Waals surface area (Å²) in [6.45, 7) is 7.91. The summed E-state index contributed by atoms with van der Waals surface area (Å²) in [6.07, 6.45) is 3.72. The third-order valence-corrected chi connectivity index (χ3v) is 3.90. The van der Waals surface area contributed by atoms with E-state index in [9.17, 15) is 0 Å². The monoisotopic (exact) mass is 249 g/mol. The van der Waals surface area contributed by atoms with Crippen molar-refractivity contribution in [3.8, 4) is 0 Å². The van der Waals surface area contributed by atoms with Gasteiger partial charge in [0.1, 0.15) is 5.82 Å². The summed E-state index contributed by atoms with van der Waals surface area (Å²) in [7, 11) is 0. The van der Waals surface area contributed by atoms with Gasteiger partial charge in [0.15, 0.2) is 0 Å². The molecule has 1 N–H and O–H groups in total. The minimum atomic E-state index is 0.412. The average molecular weight is 249 g/mol. The fourth-order valence-electron chi connectivity index (χ4n) is 2.84. The molecule has 1 saturated carbocycles. The Morgan fingerprint density at radius 3 is 3.06 bits per heavy atom. The lowest BCUT2D eigenvalue weighted by Crippen LogP contribution is -2.26. The van der Waals surface area contributed by atoms with Crippen LogP contribution in [0.5, 0.6) is 0 Å². The van der Waals surface area contributed by atoms with Gasteiger partial charge in [0, 0.05) is 37.7 Å². The van der Waals surface area contributed by atoms with E-state index in [4.69, 9.17) is 9.72 Å². The van der Waals surface area contributed by atoms with Crippen molar-refractivity contribution < 1.29 is 4.74 Å². The molecule has 3 rings (SSSR count). The molecule has 0 amide bonds. The number of aromatic nitrogens is 2. The average Bonchev–Trinajstić information content (AvgIpc) is 3.16. The molecule has 1 aromatic heterocycles. The first-order valence-electron chi connectivity index (χ1n) is 7.19. The highest BCUT2D eigenvalue weighted by molar-refractivity contribution is 5.25. The van der Waals surface area contributed by atoms with Gasteiger partial charge in [-0.3, -0.25) is 0 Å². The summed E-state index contributed by atoms with van der Waals surface area (Å²) >= 11 is 0. The quantitative estimate of drug-likeness (QED) is 0.867. The Kier molecular flexibility index (Phi) is 3.39. The van der Waals surface area contributed by atoms with Crippen LogP contribution < -0.4 is 5.32 Å². The van der Waals surface area contributed by atoms with Crippen LogP contribution in [0.15, 0.2) is 0 Å². The predicted molar refractivity (Wildman–Crippen MR) is 70.8 cm³/mol. The van der Waals surface area contributed by atoms with Crippen LogP contribution in [0.3, 0.4) is 0 Å². The lowest BCUT2D eigenvalue weighted by molar-refractivity contribution is 0.117. The maximum atomic E-state index is 5.60. The van der Waals surface area contributed by atoms with Gasteiger partial charge >= 0.3 is 0 Å². The van der Waals surface area contributed by atoms with Crippen LogP contribution in [0.2, 0.25) is 0 Å². The molecule has 0 radical (unpaired) electrons. The van der Waals surface area contributed by atoms with E-state index in [1.54, 1.807) is 0 Å². The van der Waals surface area contributed by atoms with Crippen molar-refractivity contribution >= 4 is 0 Å². The molecule has 1 aromatic rings. The molecule has 0 bridgehead atoms. The van der Waals surface area contributed by atoms with E-state index >= 15 is 0 Å². The summed E-state index contributed by atoms with van der Waals surface area (Å²) in [6, 6.07) is 0.412. The van der Waals surface area contributed by atoms with Gasteiger partial charge in [0.2, 0.25) is 0 Å². The zero-order valence-corrected chi connectivity index (χ0v) is 11.4. The molecule has 1 fully saturated rings. The zero-order chi connectivity index (χ0) is 12.5. The number of ether oxygens (including phenoxy) is 1. The van der Waals surface area contributed by atoms with Gasteiger partial charge in [-0.05, 0) is 26.7 Å². The number of hydrogen-bond acceptors (Lipinski definition) is 3. The molecule has 4 nitrogen and oxygen atoms in total. The van der Waals surface area contributed by atoms with Crippen molar-refractivity contribution in [2.45, 2.75) is 51.6 Å².